The molecule has 0 saturated carbocycles. The number of likely N-dealkylation sites (tertiary alicyclic amines) is 1. The van der Waals surface area contributed by atoms with Gasteiger partial charge in [-0.1, -0.05) is 0 Å². The van der Waals surface area contributed by atoms with E-state index in [0.29, 0.717) is 0 Å². The van der Waals surface area contributed by atoms with Gasteiger partial charge in [0.1, 0.15) is 0 Å². The fourth-order valence-electron chi connectivity index (χ4n) is 0.847. The van der Waals surface area contributed by atoms with Crippen molar-refractivity contribution in [3.05, 3.63) is 0 Å². The summed E-state index contributed by atoms with van der Waals surface area (Å²) in [5, 5.41) is 0. The van der Waals surface area contributed by atoms with Crippen LogP contribution in [0, 0.1) is 0 Å². The van der Waals surface area contributed by atoms with Crippen LogP contribution in [0.1, 0.15) is 12.8 Å². The Bertz CT molecular complexity index is 66.5. The molecule has 0 aromatic rings. The van der Waals surface area contributed by atoms with Gasteiger partial charge in [-0.3, -0.25) is 4.79 Å². The molecule has 1 amide bonds. The Labute approximate surface area is 43.1 Å². The second kappa shape index (κ2) is 1.96. The summed E-state index contributed by atoms with van der Waals surface area (Å²) in [7, 11) is 0. The van der Waals surface area contributed by atoms with Crippen LogP contribution in [-0.4, -0.2) is 24.4 Å². The molecular weight excluding hydrogens is 92.1 g/mol. The van der Waals surface area contributed by atoms with Gasteiger partial charge >= 0.3 is 0 Å². The normalized spacial score (nSPS) is 20.3. The van der Waals surface area contributed by atoms with Crippen LogP contribution >= 0.6 is 0 Å². The van der Waals surface area contributed by atoms with Crippen molar-refractivity contribution in [3.8, 4) is 0 Å². The fraction of sp³-hybridized carbons (Fsp3) is 0.800. The van der Waals surface area contributed by atoms with Gasteiger partial charge < -0.3 is 4.90 Å². The summed E-state index contributed by atoms with van der Waals surface area (Å²) in [5.41, 5.74) is 0. The molecule has 7 heavy (non-hydrogen) atoms. The highest BCUT2D eigenvalue weighted by molar-refractivity contribution is 5.47. The highest BCUT2D eigenvalue weighted by Crippen LogP contribution is 2.02. The van der Waals surface area contributed by atoms with Crippen molar-refractivity contribution in [2.75, 3.05) is 13.1 Å². The van der Waals surface area contributed by atoms with E-state index in [1.165, 1.54) is 12.8 Å². The maximum atomic E-state index is 9.93. The highest BCUT2D eigenvalue weighted by Gasteiger charge is 2.06. The van der Waals surface area contributed by atoms with Crippen LogP contribution in [0.15, 0.2) is 0 Å². The van der Waals surface area contributed by atoms with E-state index in [-0.39, 0.29) is 0 Å². The molecule has 1 heterocycles. The number of hydrogen-bond donors (Lipinski definition) is 0. The zero-order valence-corrected chi connectivity index (χ0v) is 4.26. The zero-order valence-electron chi connectivity index (χ0n) is 4.26. The van der Waals surface area contributed by atoms with Crippen LogP contribution in [0.25, 0.3) is 0 Å². The van der Waals surface area contributed by atoms with E-state index in [1.807, 2.05) is 0 Å². The molecule has 40 valence electrons. The maximum Gasteiger partial charge on any atom is 0.209 e. The molecule has 0 aromatic heterocycles. The number of rotatable bonds is 1. The summed E-state index contributed by atoms with van der Waals surface area (Å²) in [5.74, 6) is 0. The molecule has 1 aliphatic heterocycles. The Morgan fingerprint density at radius 2 is 2.57 bits per heavy atom. The van der Waals surface area contributed by atoms with Crippen LogP contribution in [0.4, 0.5) is 0 Å². The van der Waals surface area contributed by atoms with Crippen molar-refractivity contribution in [1.29, 1.82) is 0 Å². The Balaban J connectivity index is 2.26. The first-order valence-electron chi connectivity index (χ1n) is 2.63. The molecule has 1 aliphatic rings. The van der Waals surface area contributed by atoms with Crippen LogP contribution in [-0.2, 0) is 4.79 Å². The van der Waals surface area contributed by atoms with Crippen molar-refractivity contribution in [3.63, 3.8) is 0 Å². The lowest BCUT2D eigenvalue weighted by molar-refractivity contribution is -0.117. The first-order chi connectivity index (χ1) is 3.43. The predicted molar refractivity (Wildman–Crippen MR) is 26.9 cm³/mol. The van der Waals surface area contributed by atoms with Crippen molar-refractivity contribution in [1.82, 2.24) is 4.90 Å². The Kier molecular flexibility index (Phi) is 1.29. The molecule has 0 unspecified atom stereocenters. The topological polar surface area (TPSA) is 20.3 Å². The summed E-state index contributed by atoms with van der Waals surface area (Å²) >= 11 is 0. The molecule has 0 spiro atoms. The molecule has 0 bridgehead atoms. The summed E-state index contributed by atoms with van der Waals surface area (Å²) in [4.78, 5) is 11.7. The third-order valence-electron chi connectivity index (χ3n) is 1.29. The number of nitrogens with zero attached hydrogens (tertiary/aromatic N) is 1. The molecule has 0 atom stereocenters. The lowest BCUT2D eigenvalue weighted by Crippen LogP contribution is -2.15. The van der Waals surface area contributed by atoms with Crippen LogP contribution in [0.3, 0.4) is 0 Å². The van der Waals surface area contributed by atoms with Gasteiger partial charge in [0.25, 0.3) is 0 Å². The lowest BCUT2D eigenvalue weighted by atomic mass is 10.5. The Hall–Kier alpha value is -0.530. The summed E-state index contributed by atoms with van der Waals surface area (Å²) in [6.07, 6.45) is 3.31. The van der Waals surface area contributed by atoms with Crippen molar-refractivity contribution in [2.24, 2.45) is 0 Å². The number of hydrogen-bond acceptors (Lipinski definition) is 1. The van der Waals surface area contributed by atoms with Crippen molar-refractivity contribution in [2.45, 2.75) is 12.8 Å². The second-order valence-corrected chi connectivity index (χ2v) is 1.85. The highest BCUT2D eigenvalue weighted by atomic mass is 16.1. The Morgan fingerprint density at radius 1 is 1.71 bits per heavy atom. The number of carbonyl (C=O) groups excluding carboxylic acids is 1. The van der Waals surface area contributed by atoms with Crippen molar-refractivity contribution >= 4 is 6.41 Å². The summed E-state index contributed by atoms with van der Waals surface area (Å²) < 4.78 is 0. The van der Waals surface area contributed by atoms with Gasteiger partial charge in [0.15, 0.2) is 0 Å². The van der Waals surface area contributed by atoms with Crippen LogP contribution in [0.5, 0.6) is 0 Å². The quantitative estimate of drug-likeness (QED) is 0.433. The molecule has 1 saturated heterocycles. The van der Waals surface area contributed by atoms with Gasteiger partial charge in [0.2, 0.25) is 6.41 Å². The SMILES string of the molecule is O=CN1CCC[14CH2]1. The van der Waals surface area contributed by atoms with Gasteiger partial charge in [-0.15, -0.1) is 0 Å². The van der Waals surface area contributed by atoms with E-state index in [2.05, 4.69) is 0 Å². The molecule has 0 aromatic carbocycles. The van der Waals surface area contributed by atoms with E-state index < -0.39 is 0 Å². The summed E-state index contributed by atoms with van der Waals surface area (Å²) in [6, 6.07) is 0. The van der Waals surface area contributed by atoms with Crippen LogP contribution < -0.4 is 0 Å². The van der Waals surface area contributed by atoms with E-state index in [0.717, 1.165) is 19.5 Å². The molecule has 2 heteroatoms. The Morgan fingerprint density at radius 3 is 2.86 bits per heavy atom. The average Bonchev–Trinajstić information content (AvgIpc) is 2.14. The smallest absolute Gasteiger partial charge is 0.209 e. The molecular formula is C5H9NO. The minimum atomic E-state index is 0.924. The van der Waals surface area contributed by atoms with E-state index in [9.17, 15) is 4.79 Å². The average molecular weight is 101 g/mol. The molecule has 1 rings (SSSR count). The minimum absolute atomic E-state index is 0.924. The molecule has 0 aliphatic carbocycles. The standard InChI is InChI=1S/C5H9NO/c7-5-6-3-1-2-4-6/h5H,1-4H2/i3+2. The van der Waals surface area contributed by atoms with Crippen LogP contribution in [0.2, 0.25) is 0 Å². The fourth-order valence-corrected chi connectivity index (χ4v) is 0.847. The van der Waals surface area contributed by atoms with Gasteiger partial charge in [-0.2, -0.15) is 0 Å². The van der Waals surface area contributed by atoms with E-state index in [1.54, 1.807) is 4.90 Å². The van der Waals surface area contributed by atoms with E-state index >= 15 is 0 Å². The number of amides is 1. The zero-order chi connectivity index (χ0) is 5.11. The molecule has 1 fully saturated rings. The van der Waals surface area contributed by atoms with Gasteiger partial charge in [0, 0.05) is 13.1 Å². The minimum Gasteiger partial charge on any atom is -0.345 e. The summed E-state index contributed by atoms with van der Waals surface area (Å²) in [6.45, 7) is 1.95. The maximum absolute atomic E-state index is 9.93. The first-order valence-corrected chi connectivity index (χ1v) is 2.63. The third kappa shape index (κ3) is 0.918. The monoisotopic (exact) mass is 101 g/mol. The second-order valence-electron chi connectivity index (χ2n) is 1.85. The van der Waals surface area contributed by atoms with Gasteiger partial charge in [-0.05, 0) is 12.8 Å². The number of carbonyl (C=O) groups is 1. The predicted octanol–water partition coefficient (Wildman–Crippen LogP) is 0.239. The first kappa shape index (κ1) is 4.62. The van der Waals surface area contributed by atoms with E-state index in [4.69, 9.17) is 0 Å². The van der Waals surface area contributed by atoms with Crippen molar-refractivity contribution < 1.29 is 4.79 Å². The third-order valence-corrected chi connectivity index (χ3v) is 1.29. The largest absolute Gasteiger partial charge is 0.345 e. The van der Waals surface area contributed by atoms with Gasteiger partial charge in [0.05, 0.1) is 0 Å². The molecule has 0 N–H and O–H groups in total. The lowest BCUT2D eigenvalue weighted by Gasteiger charge is -2.03. The molecule has 2 nitrogen and oxygen atoms in total. The molecule has 0 radical (unpaired) electrons. The van der Waals surface area contributed by atoms with Gasteiger partial charge in [-0.25, -0.2) is 0 Å².